The minimum absolute atomic E-state index is 0.0179. The van der Waals surface area contributed by atoms with E-state index in [9.17, 15) is 0 Å². The Hall–Kier alpha value is -1.83. The van der Waals surface area contributed by atoms with E-state index >= 15 is 0 Å². The van der Waals surface area contributed by atoms with Crippen LogP contribution in [0.2, 0.25) is 0 Å². The van der Waals surface area contributed by atoms with Gasteiger partial charge in [-0.25, -0.2) is 0 Å². The second-order valence-corrected chi connectivity index (χ2v) is 18.5. The SMILES string of the molecule is CC(C)(C)P(CCCP(c1ccccc1)c1ccccc1)CCCP(c1ccccc1)c1ccccc1. The van der Waals surface area contributed by atoms with Gasteiger partial charge in [0.25, 0.3) is 0 Å². The van der Waals surface area contributed by atoms with Crippen molar-refractivity contribution in [2.75, 3.05) is 24.6 Å². The first kappa shape index (κ1) is 28.2. The second-order valence-electron chi connectivity index (χ2n) is 10.5. The van der Waals surface area contributed by atoms with E-state index in [1.165, 1.54) is 58.7 Å². The van der Waals surface area contributed by atoms with Gasteiger partial charge in [0.15, 0.2) is 0 Å². The van der Waals surface area contributed by atoms with Crippen LogP contribution in [0.25, 0.3) is 0 Å². The largest absolute Gasteiger partial charge is 0.101 e. The number of rotatable bonds is 12. The second kappa shape index (κ2) is 14.4. The lowest BCUT2D eigenvalue weighted by Crippen LogP contribution is -2.19. The zero-order chi connectivity index (χ0) is 25.9. The molecule has 3 heteroatoms. The lowest BCUT2D eigenvalue weighted by Gasteiger charge is -2.33. The summed E-state index contributed by atoms with van der Waals surface area (Å²) in [5, 5.41) is 6.46. The lowest BCUT2D eigenvalue weighted by molar-refractivity contribution is 0.772. The monoisotopic (exact) mass is 542 g/mol. The minimum atomic E-state index is -0.288. The highest BCUT2D eigenvalue weighted by Crippen LogP contribution is 2.52. The smallest absolute Gasteiger partial charge is 0.0179 e. The predicted molar refractivity (Wildman–Crippen MR) is 174 cm³/mol. The molecule has 0 atom stereocenters. The average molecular weight is 543 g/mol. The Kier molecular flexibility index (Phi) is 10.9. The molecule has 4 aromatic rings. The quantitative estimate of drug-likeness (QED) is 0.158. The van der Waals surface area contributed by atoms with Crippen molar-refractivity contribution in [1.82, 2.24) is 0 Å². The van der Waals surface area contributed by atoms with Crippen LogP contribution >= 0.6 is 23.8 Å². The average Bonchev–Trinajstić information content (AvgIpc) is 2.93. The van der Waals surface area contributed by atoms with Crippen molar-refractivity contribution in [3.8, 4) is 0 Å². The van der Waals surface area contributed by atoms with E-state index in [2.05, 4.69) is 142 Å². The molecule has 0 radical (unpaired) electrons. The van der Waals surface area contributed by atoms with Crippen LogP contribution in [0, 0.1) is 0 Å². The summed E-state index contributed by atoms with van der Waals surface area (Å²) in [6.07, 6.45) is 7.99. The summed E-state index contributed by atoms with van der Waals surface area (Å²) in [6, 6.07) is 44.8. The van der Waals surface area contributed by atoms with Crippen LogP contribution in [-0.2, 0) is 0 Å². The minimum Gasteiger partial charge on any atom is -0.101 e. The summed E-state index contributed by atoms with van der Waals surface area (Å²) in [7, 11) is -0.593. The third-order valence-corrected chi connectivity index (χ3v) is 15.7. The molecular formula is C34H41P3. The molecular weight excluding hydrogens is 501 g/mol. The molecule has 4 aromatic carbocycles. The fourth-order valence-corrected chi connectivity index (χ4v) is 12.7. The Morgan fingerprint density at radius 1 is 0.405 bits per heavy atom. The van der Waals surface area contributed by atoms with Crippen molar-refractivity contribution in [2.45, 2.75) is 38.8 Å². The van der Waals surface area contributed by atoms with E-state index in [1.54, 1.807) is 0 Å². The molecule has 0 unspecified atom stereocenters. The van der Waals surface area contributed by atoms with Crippen LogP contribution in [0.4, 0.5) is 0 Å². The van der Waals surface area contributed by atoms with Crippen LogP contribution in [0.1, 0.15) is 33.6 Å². The number of hydrogen-bond donors (Lipinski definition) is 0. The zero-order valence-corrected chi connectivity index (χ0v) is 25.3. The van der Waals surface area contributed by atoms with Crippen molar-refractivity contribution < 1.29 is 0 Å². The van der Waals surface area contributed by atoms with Gasteiger partial charge in [0, 0.05) is 0 Å². The van der Waals surface area contributed by atoms with Gasteiger partial charge in [-0.2, -0.15) is 0 Å². The first-order valence-electron chi connectivity index (χ1n) is 13.5. The summed E-state index contributed by atoms with van der Waals surface area (Å²) >= 11 is 0. The molecule has 0 spiro atoms. The van der Waals surface area contributed by atoms with Gasteiger partial charge in [0.1, 0.15) is 0 Å². The van der Waals surface area contributed by atoms with Gasteiger partial charge in [-0.05, 0) is 79.7 Å². The summed E-state index contributed by atoms with van der Waals surface area (Å²) in [6.45, 7) is 7.44. The van der Waals surface area contributed by atoms with Gasteiger partial charge in [0.2, 0.25) is 0 Å². The highest BCUT2D eigenvalue weighted by atomic mass is 31.1. The molecule has 37 heavy (non-hydrogen) atoms. The normalized spacial score (nSPS) is 11.9. The molecule has 0 N–H and O–H groups in total. The third-order valence-electron chi connectivity index (χ3n) is 6.84. The molecule has 192 valence electrons. The molecule has 0 saturated carbocycles. The maximum absolute atomic E-state index is 2.48. The van der Waals surface area contributed by atoms with Crippen LogP contribution in [0.5, 0.6) is 0 Å². The van der Waals surface area contributed by atoms with Gasteiger partial charge in [0.05, 0.1) is 0 Å². The molecule has 0 bridgehead atoms. The van der Waals surface area contributed by atoms with E-state index < -0.39 is 0 Å². The first-order chi connectivity index (χ1) is 18.0. The van der Waals surface area contributed by atoms with Crippen LogP contribution in [0.3, 0.4) is 0 Å². The van der Waals surface area contributed by atoms with E-state index in [4.69, 9.17) is 0 Å². The van der Waals surface area contributed by atoms with Crippen molar-refractivity contribution in [2.24, 2.45) is 0 Å². The molecule has 4 rings (SSSR count). The summed E-state index contributed by atoms with van der Waals surface area (Å²) in [5.74, 6) is 0. The first-order valence-corrected chi connectivity index (χ1v) is 18.3. The van der Waals surface area contributed by atoms with Gasteiger partial charge in [-0.1, -0.05) is 142 Å². The van der Waals surface area contributed by atoms with E-state index in [1.807, 2.05) is 0 Å². The fourth-order valence-electron chi connectivity index (χ4n) is 4.87. The van der Waals surface area contributed by atoms with Crippen molar-refractivity contribution in [3.63, 3.8) is 0 Å². The molecule has 0 heterocycles. The Morgan fingerprint density at radius 3 is 0.919 bits per heavy atom. The highest BCUT2D eigenvalue weighted by molar-refractivity contribution is 7.73. The molecule has 0 saturated heterocycles. The number of benzene rings is 4. The molecule has 0 aliphatic heterocycles. The highest BCUT2D eigenvalue weighted by Gasteiger charge is 2.25. The van der Waals surface area contributed by atoms with Crippen molar-refractivity contribution in [3.05, 3.63) is 121 Å². The third kappa shape index (κ3) is 8.59. The summed E-state index contributed by atoms with van der Waals surface area (Å²) in [4.78, 5) is 0. The van der Waals surface area contributed by atoms with Gasteiger partial charge >= 0.3 is 0 Å². The molecule has 0 aliphatic rings. The summed E-state index contributed by atoms with van der Waals surface area (Å²) < 4.78 is 0. The molecule has 0 nitrogen and oxygen atoms in total. The topological polar surface area (TPSA) is 0 Å². The van der Waals surface area contributed by atoms with E-state index in [0.29, 0.717) is 5.16 Å². The van der Waals surface area contributed by atoms with Crippen molar-refractivity contribution in [1.29, 1.82) is 0 Å². The number of hydrogen-bond acceptors (Lipinski definition) is 0. The maximum Gasteiger partial charge on any atom is -0.0179 e. The van der Waals surface area contributed by atoms with Crippen molar-refractivity contribution >= 4 is 45.0 Å². The van der Waals surface area contributed by atoms with Crippen LogP contribution < -0.4 is 21.2 Å². The van der Waals surface area contributed by atoms with Gasteiger partial charge in [-0.15, -0.1) is 7.92 Å². The maximum atomic E-state index is 2.48. The predicted octanol–water partition coefficient (Wildman–Crippen LogP) is 8.31. The Morgan fingerprint density at radius 2 is 0.676 bits per heavy atom. The Labute approximate surface area is 229 Å². The van der Waals surface area contributed by atoms with E-state index in [-0.39, 0.29) is 23.8 Å². The summed E-state index contributed by atoms with van der Waals surface area (Å²) in [5.41, 5.74) is 0. The molecule has 0 fully saturated rings. The van der Waals surface area contributed by atoms with Gasteiger partial charge in [-0.3, -0.25) is 0 Å². The molecule has 0 aromatic heterocycles. The molecule has 0 aliphatic carbocycles. The van der Waals surface area contributed by atoms with Gasteiger partial charge < -0.3 is 0 Å². The fraction of sp³-hybridized carbons (Fsp3) is 0.294. The van der Waals surface area contributed by atoms with Crippen LogP contribution in [-0.4, -0.2) is 29.8 Å². The lowest BCUT2D eigenvalue weighted by atomic mass is 10.3. The molecule has 0 amide bonds. The van der Waals surface area contributed by atoms with E-state index in [0.717, 1.165) is 0 Å². The Balaban J connectivity index is 1.40. The zero-order valence-electron chi connectivity index (χ0n) is 22.6. The van der Waals surface area contributed by atoms with Crippen LogP contribution in [0.15, 0.2) is 121 Å². The standard InChI is InChI=1S/C34H41P3/c1-34(2,3)35(26-16-28-36(30-18-8-4-9-19-30)31-20-10-5-11-21-31)27-17-29-37(32-22-12-6-13-23-32)33-24-14-7-15-25-33/h4-15,18-25H,16-17,26-29H2,1-3H3. The Bertz CT molecular complexity index is 987.